The molecule has 18 heavy (non-hydrogen) atoms. The molecule has 0 N–H and O–H groups in total. The van der Waals surface area contributed by atoms with E-state index in [1.807, 2.05) is 0 Å². The fourth-order valence-electron chi connectivity index (χ4n) is 1.99. The van der Waals surface area contributed by atoms with Gasteiger partial charge in [0.2, 0.25) is 0 Å². The van der Waals surface area contributed by atoms with Gasteiger partial charge in [0.05, 0.1) is 16.5 Å². The van der Waals surface area contributed by atoms with E-state index in [-0.39, 0.29) is 10.9 Å². The average Bonchev–Trinajstić information content (AvgIpc) is 2.74. The van der Waals surface area contributed by atoms with Gasteiger partial charge in [-0.1, -0.05) is 12.1 Å². The molecule has 0 bridgehead atoms. The molecule has 1 aliphatic heterocycles. The normalized spacial score (nSPS) is 20.2. The molecular weight excluding hydrogens is 267 g/mol. The smallest absolute Gasteiger partial charge is 0.337 e. The van der Waals surface area contributed by atoms with Crippen LogP contribution in [0.3, 0.4) is 0 Å². The third-order valence-corrected chi connectivity index (χ3v) is 3.24. The molecule has 0 aromatic heterocycles. The van der Waals surface area contributed by atoms with Crippen LogP contribution in [0.5, 0.6) is 0 Å². The van der Waals surface area contributed by atoms with Crippen LogP contribution in [0.25, 0.3) is 0 Å². The number of amides is 1. The second-order valence-electron chi connectivity index (χ2n) is 4.18. The van der Waals surface area contributed by atoms with Crippen LogP contribution in [0.15, 0.2) is 24.3 Å². The van der Waals surface area contributed by atoms with Crippen LogP contribution in [-0.2, 0) is 6.18 Å². The van der Waals surface area contributed by atoms with Crippen molar-refractivity contribution in [3.63, 3.8) is 0 Å². The van der Waals surface area contributed by atoms with E-state index >= 15 is 0 Å². The molecule has 1 saturated heterocycles. The molecule has 6 heteroatoms. The first-order valence-electron chi connectivity index (χ1n) is 5.49. The molecule has 1 fully saturated rings. The predicted molar refractivity (Wildman–Crippen MR) is 61.6 cm³/mol. The zero-order valence-corrected chi connectivity index (χ0v) is 10.1. The Morgan fingerprint density at radius 1 is 1.33 bits per heavy atom. The van der Waals surface area contributed by atoms with E-state index in [0.717, 1.165) is 6.07 Å². The maximum atomic E-state index is 12.8. The molecule has 1 aromatic carbocycles. The van der Waals surface area contributed by atoms with Crippen LogP contribution < -0.4 is 0 Å². The van der Waals surface area contributed by atoms with E-state index in [0.29, 0.717) is 19.5 Å². The zero-order valence-electron chi connectivity index (χ0n) is 9.38. The van der Waals surface area contributed by atoms with Gasteiger partial charge in [-0.25, -0.2) is 0 Å². The molecule has 1 amide bonds. The third kappa shape index (κ3) is 2.61. The number of carbonyl (C=O) groups is 1. The molecule has 1 unspecified atom stereocenters. The number of halogens is 4. The van der Waals surface area contributed by atoms with Gasteiger partial charge in [-0.15, -0.1) is 11.6 Å². The van der Waals surface area contributed by atoms with Crippen LogP contribution in [0.4, 0.5) is 13.2 Å². The maximum absolute atomic E-state index is 12.8. The fourth-order valence-corrected chi connectivity index (χ4v) is 2.25. The minimum Gasteiger partial charge on any atom is -0.337 e. The van der Waals surface area contributed by atoms with Gasteiger partial charge in [0.15, 0.2) is 0 Å². The highest BCUT2D eigenvalue weighted by molar-refractivity contribution is 6.21. The maximum Gasteiger partial charge on any atom is 0.417 e. The number of rotatable bonds is 1. The second kappa shape index (κ2) is 4.80. The van der Waals surface area contributed by atoms with Crippen molar-refractivity contribution < 1.29 is 18.0 Å². The van der Waals surface area contributed by atoms with Gasteiger partial charge in [0.25, 0.3) is 5.91 Å². The lowest BCUT2D eigenvalue weighted by molar-refractivity contribution is -0.138. The molecule has 1 heterocycles. The highest BCUT2D eigenvalue weighted by atomic mass is 35.5. The summed E-state index contributed by atoms with van der Waals surface area (Å²) in [5, 5.41) is -0.174. The Morgan fingerprint density at radius 3 is 2.56 bits per heavy atom. The summed E-state index contributed by atoms with van der Waals surface area (Å²) >= 11 is 5.85. The summed E-state index contributed by atoms with van der Waals surface area (Å²) < 4.78 is 38.3. The molecule has 2 nitrogen and oxygen atoms in total. The fraction of sp³-hybridized carbons (Fsp3) is 0.417. The molecular formula is C12H11ClF3NO. The highest BCUT2D eigenvalue weighted by Crippen LogP contribution is 2.32. The summed E-state index contributed by atoms with van der Waals surface area (Å²) in [5.41, 5.74) is -1.20. The zero-order chi connectivity index (χ0) is 13.3. The van der Waals surface area contributed by atoms with E-state index in [9.17, 15) is 18.0 Å². The van der Waals surface area contributed by atoms with Crippen LogP contribution in [-0.4, -0.2) is 29.3 Å². The first-order chi connectivity index (χ1) is 8.39. The monoisotopic (exact) mass is 277 g/mol. The summed E-state index contributed by atoms with van der Waals surface area (Å²) in [4.78, 5) is 13.4. The summed E-state index contributed by atoms with van der Waals surface area (Å²) in [6.07, 6.45) is -3.91. The first-order valence-corrected chi connectivity index (χ1v) is 5.93. The Balaban J connectivity index is 2.31. The number of hydrogen-bond donors (Lipinski definition) is 0. The largest absolute Gasteiger partial charge is 0.417 e. The topological polar surface area (TPSA) is 20.3 Å². The molecule has 0 radical (unpaired) electrons. The van der Waals surface area contributed by atoms with E-state index in [2.05, 4.69) is 0 Å². The lowest BCUT2D eigenvalue weighted by atomic mass is 10.1. The third-order valence-electron chi connectivity index (χ3n) is 2.88. The quantitative estimate of drug-likeness (QED) is 0.722. The van der Waals surface area contributed by atoms with E-state index in [4.69, 9.17) is 11.6 Å². The Morgan fingerprint density at radius 2 is 2.00 bits per heavy atom. The van der Waals surface area contributed by atoms with Crippen molar-refractivity contribution in [2.24, 2.45) is 0 Å². The van der Waals surface area contributed by atoms with Crippen molar-refractivity contribution in [2.45, 2.75) is 18.0 Å². The number of likely N-dealkylation sites (tertiary alicyclic amines) is 1. The Hall–Kier alpha value is -1.23. The number of nitrogens with zero attached hydrogens (tertiary/aromatic N) is 1. The minimum atomic E-state index is -4.52. The Bertz CT molecular complexity index is 461. The van der Waals surface area contributed by atoms with Gasteiger partial charge >= 0.3 is 6.18 Å². The van der Waals surface area contributed by atoms with Gasteiger partial charge in [-0.2, -0.15) is 13.2 Å². The van der Waals surface area contributed by atoms with Gasteiger partial charge in [0, 0.05) is 13.1 Å². The number of hydrogen-bond acceptors (Lipinski definition) is 1. The number of alkyl halides is 4. The number of carbonyl (C=O) groups excluding carboxylic acids is 1. The van der Waals surface area contributed by atoms with Crippen molar-refractivity contribution in [3.05, 3.63) is 35.4 Å². The van der Waals surface area contributed by atoms with E-state index in [1.54, 1.807) is 0 Å². The number of benzene rings is 1. The van der Waals surface area contributed by atoms with Gasteiger partial charge in [-0.05, 0) is 18.6 Å². The van der Waals surface area contributed by atoms with Crippen molar-refractivity contribution in [1.29, 1.82) is 0 Å². The molecule has 1 aromatic rings. The second-order valence-corrected chi connectivity index (χ2v) is 4.80. The van der Waals surface area contributed by atoms with Crippen LogP contribution in [0, 0.1) is 0 Å². The highest BCUT2D eigenvalue weighted by Gasteiger charge is 2.36. The summed E-state index contributed by atoms with van der Waals surface area (Å²) in [6.45, 7) is 0.700. The van der Waals surface area contributed by atoms with Crippen molar-refractivity contribution in [3.8, 4) is 0 Å². The molecule has 1 atom stereocenters. The predicted octanol–water partition coefficient (Wildman–Crippen LogP) is 3.16. The lowest BCUT2D eigenvalue weighted by Gasteiger charge is -2.18. The Kier molecular flexibility index (Phi) is 3.52. The minimum absolute atomic E-state index is 0.174. The van der Waals surface area contributed by atoms with Gasteiger partial charge in [0.1, 0.15) is 0 Å². The van der Waals surface area contributed by atoms with Crippen molar-refractivity contribution in [1.82, 2.24) is 4.90 Å². The van der Waals surface area contributed by atoms with Gasteiger partial charge in [-0.3, -0.25) is 4.79 Å². The molecule has 1 aliphatic rings. The molecule has 2 rings (SSSR count). The SMILES string of the molecule is O=C(c1ccccc1C(F)(F)F)N1CCC(Cl)C1. The summed E-state index contributed by atoms with van der Waals surface area (Å²) in [6, 6.07) is 4.82. The first kappa shape index (κ1) is 13.2. The Labute approximate surface area is 107 Å². The average molecular weight is 278 g/mol. The summed E-state index contributed by atoms with van der Waals surface area (Å²) in [5.74, 6) is -0.605. The van der Waals surface area contributed by atoms with Crippen LogP contribution in [0.1, 0.15) is 22.3 Å². The molecule has 0 spiro atoms. The molecule has 0 saturated carbocycles. The molecule has 98 valence electrons. The van der Waals surface area contributed by atoms with Gasteiger partial charge < -0.3 is 4.90 Å². The van der Waals surface area contributed by atoms with E-state index in [1.165, 1.54) is 23.1 Å². The van der Waals surface area contributed by atoms with E-state index < -0.39 is 17.6 Å². The molecule has 0 aliphatic carbocycles. The van der Waals surface area contributed by atoms with Crippen molar-refractivity contribution in [2.75, 3.05) is 13.1 Å². The summed E-state index contributed by atoms with van der Waals surface area (Å²) in [7, 11) is 0. The van der Waals surface area contributed by atoms with Crippen LogP contribution >= 0.6 is 11.6 Å². The van der Waals surface area contributed by atoms with Crippen molar-refractivity contribution >= 4 is 17.5 Å². The standard InChI is InChI=1S/C12H11ClF3NO/c13-8-5-6-17(7-8)11(18)9-3-1-2-4-10(9)12(14,15)16/h1-4,8H,5-7H2. The van der Waals surface area contributed by atoms with Crippen LogP contribution in [0.2, 0.25) is 0 Å². The lowest BCUT2D eigenvalue weighted by Crippen LogP contribution is -2.30.